The highest BCUT2D eigenvalue weighted by atomic mass is 32.2. The van der Waals surface area contributed by atoms with E-state index < -0.39 is 30.0 Å². The molecule has 7 N–H and O–H groups in total. The second-order valence-corrected chi connectivity index (χ2v) is 12.4. The quantitative estimate of drug-likeness (QED) is 0.0922. The zero-order chi connectivity index (χ0) is 29.8. The lowest BCUT2D eigenvalue weighted by Crippen LogP contribution is -2.09. The van der Waals surface area contributed by atoms with Gasteiger partial charge in [0.2, 0.25) is 0 Å². The highest BCUT2D eigenvalue weighted by Gasteiger charge is 2.27. The number of nitrogen functional groups attached to an aromatic ring is 1. The van der Waals surface area contributed by atoms with Gasteiger partial charge in [-0.1, -0.05) is 54.6 Å². The number of nitrogens with two attached hydrogens (primary N) is 1. The Hall–Kier alpha value is -4.88. The van der Waals surface area contributed by atoms with Crippen molar-refractivity contribution in [2.45, 2.75) is 9.79 Å². The Labute approximate surface area is 240 Å². The molecular weight excluding hydrogens is 578 g/mol. The summed E-state index contributed by atoms with van der Waals surface area (Å²) in [5.41, 5.74) is 7.33. The molecule has 6 aromatic carbocycles. The maximum Gasteiger partial charge on any atom is 0.297 e. The van der Waals surface area contributed by atoms with E-state index in [4.69, 9.17) is 5.73 Å². The maximum atomic E-state index is 13.0. The van der Waals surface area contributed by atoms with E-state index in [1.807, 2.05) is 24.3 Å². The van der Waals surface area contributed by atoms with E-state index in [2.05, 4.69) is 10.6 Å². The predicted molar refractivity (Wildman–Crippen MR) is 164 cm³/mol. The first-order valence-electron chi connectivity index (χ1n) is 12.5. The van der Waals surface area contributed by atoms with Crippen LogP contribution in [0.15, 0.2) is 107 Å². The van der Waals surface area contributed by atoms with Crippen molar-refractivity contribution >= 4 is 81.0 Å². The summed E-state index contributed by atoms with van der Waals surface area (Å²) in [4.78, 5) is -1.17. The molecule has 6 aromatic rings. The van der Waals surface area contributed by atoms with Crippen LogP contribution in [0.25, 0.3) is 32.3 Å². The molecule has 0 aliphatic heterocycles. The summed E-state index contributed by atoms with van der Waals surface area (Å²) in [5, 5.41) is 19.0. The van der Waals surface area contributed by atoms with E-state index in [1.165, 1.54) is 24.3 Å². The van der Waals surface area contributed by atoms with Gasteiger partial charge in [-0.3, -0.25) is 9.11 Å². The molecule has 42 heavy (non-hydrogen) atoms. The Bertz CT molecular complexity index is 2290. The largest absolute Gasteiger partial charge is 0.507 e. The summed E-state index contributed by atoms with van der Waals surface area (Å²) in [6, 6.07) is 25.8. The van der Waals surface area contributed by atoms with Gasteiger partial charge in [0, 0.05) is 38.6 Å². The Kier molecular flexibility index (Phi) is 6.43. The predicted octanol–water partition coefficient (Wildman–Crippen LogP) is 6.41. The SMILES string of the molecule is Nc1cc(Nc2cc3c(S(=O)(=O)O)cccc3c(S(=O)(=O)O)c2Nc2ccc3cccc(O)c3c2)c2ccccc2c1. The lowest BCUT2D eigenvalue weighted by Gasteiger charge is -2.21. The van der Waals surface area contributed by atoms with Crippen molar-refractivity contribution in [3.8, 4) is 5.75 Å². The van der Waals surface area contributed by atoms with Crippen LogP contribution in [0.3, 0.4) is 0 Å². The van der Waals surface area contributed by atoms with Crippen LogP contribution in [-0.2, 0) is 20.2 Å². The van der Waals surface area contributed by atoms with Gasteiger partial charge in [-0.05, 0) is 53.2 Å². The minimum absolute atomic E-state index is 0.00652. The van der Waals surface area contributed by atoms with Crippen molar-refractivity contribution in [2.24, 2.45) is 0 Å². The molecule has 0 aliphatic rings. The molecule has 0 saturated carbocycles. The molecule has 10 nitrogen and oxygen atoms in total. The molecule has 0 bridgehead atoms. The number of rotatable bonds is 6. The van der Waals surface area contributed by atoms with Gasteiger partial charge in [0.25, 0.3) is 20.2 Å². The summed E-state index contributed by atoms with van der Waals surface area (Å²) in [7, 11) is -9.81. The molecule has 0 atom stereocenters. The molecule has 0 unspecified atom stereocenters. The molecular formula is C30H23N3O7S2. The third-order valence-electron chi connectivity index (χ3n) is 6.91. The zero-order valence-electron chi connectivity index (χ0n) is 21.6. The van der Waals surface area contributed by atoms with Crippen molar-refractivity contribution in [2.75, 3.05) is 16.4 Å². The molecule has 0 fully saturated rings. The number of hydrogen-bond donors (Lipinski definition) is 6. The van der Waals surface area contributed by atoms with Crippen LogP contribution in [0.5, 0.6) is 5.75 Å². The molecule has 212 valence electrons. The first-order chi connectivity index (χ1) is 19.9. The van der Waals surface area contributed by atoms with Crippen molar-refractivity contribution in [3.05, 3.63) is 97.1 Å². The van der Waals surface area contributed by atoms with Gasteiger partial charge >= 0.3 is 0 Å². The molecule has 12 heteroatoms. The van der Waals surface area contributed by atoms with Crippen LogP contribution in [0.2, 0.25) is 0 Å². The molecule has 0 saturated heterocycles. The number of anilines is 5. The second kappa shape index (κ2) is 9.89. The van der Waals surface area contributed by atoms with E-state index in [0.29, 0.717) is 22.4 Å². The summed E-state index contributed by atoms with van der Waals surface area (Å²) in [6.45, 7) is 0. The maximum absolute atomic E-state index is 13.0. The van der Waals surface area contributed by atoms with Crippen LogP contribution in [0.4, 0.5) is 28.4 Å². The highest BCUT2D eigenvalue weighted by molar-refractivity contribution is 7.86. The molecule has 0 aromatic heterocycles. The fraction of sp³-hybridized carbons (Fsp3) is 0. The third-order valence-corrected chi connectivity index (χ3v) is 8.77. The number of phenolic OH excluding ortho intramolecular Hbond substituents is 1. The minimum atomic E-state index is -5.01. The molecule has 0 heterocycles. The molecule has 0 aliphatic carbocycles. The minimum Gasteiger partial charge on any atom is -0.507 e. The fourth-order valence-corrected chi connectivity index (χ4v) is 6.71. The number of hydrogen-bond acceptors (Lipinski definition) is 8. The van der Waals surface area contributed by atoms with Crippen LogP contribution in [-0.4, -0.2) is 31.0 Å². The van der Waals surface area contributed by atoms with Gasteiger partial charge in [0.1, 0.15) is 15.5 Å². The Morgan fingerprint density at radius 2 is 1.31 bits per heavy atom. The van der Waals surface area contributed by atoms with Crippen molar-refractivity contribution in [1.82, 2.24) is 0 Å². The molecule has 0 spiro atoms. The Morgan fingerprint density at radius 1 is 0.595 bits per heavy atom. The number of nitrogens with one attached hydrogen (secondary N) is 2. The van der Waals surface area contributed by atoms with Crippen LogP contribution < -0.4 is 16.4 Å². The molecule has 0 amide bonds. The lowest BCUT2D eigenvalue weighted by molar-refractivity contribution is 0.481. The Balaban J connectivity index is 1.68. The van der Waals surface area contributed by atoms with E-state index in [-0.39, 0.29) is 27.9 Å². The first kappa shape index (κ1) is 27.3. The number of benzene rings is 6. The smallest absolute Gasteiger partial charge is 0.297 e. The summed E-state index contributed by atoms with van der Waals surface area (Å²) in [5.74, 6) is 0.00652. The Morgan fingerprint density at radius 3 is 2.07 bits per heavy atom. The van der Waals surface area contributed by atoms with Crippen LogP contribution >= 0.6 is 0 Å². The zero-order valence-corrected chi connectivity index (χ0v) is 23.2. The van der Waals surface area contributed by atoms with Crippen molar-refractivity contribution in [3.63, 3.8) is 0 Å². The van der Waals surface area contributed by atoms with E-state index in [1.54, 1.807) is 42.5 Å². The van der Waals surface area contributed by atoms with Gasteiger partial charge < -0.3 is 21.5 Å². The first-order valence-corrected chi connectivity index (χ1v) is 15.4. The molecule has 6 rings (SSSR count). The van der Waals surface area contributed by atoms with Gasteiger partial charge in [0.05, 0.1) is 11.4 Å². The summed E-state index contributed by atoms with van der Waals surface area (Å²) >= 11 is 0. The monoisotopic (exact) mass is 601 g/mol. The van der Waals surface area contributed by atoms with E-state index in [0.717, 1.165) is 22.2 Å². The number of fused-ring (bicyclic) bond motifs is 3. The van der Waals surface area contributed by atoms with Gasteiger partial charge in [-0.25, -0.2) is 0 Å². The normalized spacial score (nSPS) is 12.1. The summed E-state index contributed by atoms with van der Waals surface area (Å²) < 4.78 is 71.0. The average Bonchev–Trinajstić information content (AvgIpc) is 2.92. The number of phenols is 1. The average molecular weight is 602 g/mol. The van der Waals surface area contributed by atoms with Crippen LogP contribution in [0.1, 0.15) is 0 Å². The third kappa shape index (κ3) is 4.92. The number of aromatic hydroxyl groups is 1. The van der Waals surface area contributed by atoms with Gasteiger partial charge in [0.15, 0.2) is 0 Å². The fourth-order valence-electron chi connectivity index (χ4n) is 5.14. The van der Waals surface area contributed by atoms with Gasteiger partial charge in [-0.15, -0.1) is 0 Å². The highest BCUT2D eigenvalue weighted by Crippen LogP contribution is 2.43. The van der Waals surface area contributed by atoms with E-state index in [9.17, 15) is 31.0 Å². The molecule has 0 radical (unpaired) electrons. The summed E-state index contributed by atoms with van der Waals surface area (Å²) in [6.07, 6.45) is 0. The van der Waals surface area contributed by atoms with Crippen LogP contribution in [0, 0.1) is 0 Å². The van der Waals surface area contributed by atoms with Crippen molar-refractivity contribution in [1.29, 1.82) is 0 Å². The van der Waals surface area contributed by atoms with Gasteiger partial charge in [-0.2, -0.15) is 16.8 Å². The van der Waals surface area contributed by atoms with Crippen molar-refractivity contribution < 1.29 is 31.0 Å². The van der Waals surface area contributed by atoms with E-state index >= 15 is 0 Å². The standard InChI is InChI=1S/C30H23N3O7S2/c31-19-13-18-5-1-2-7-21(18)25(14-19)33-26-16-24-22(8-4-10-28(24)41(35,36)37)30(42(38,39)40)29(26)32-20-12-11-17-6-3-9-27(34)23(17)15-20/h1-16,32-34H,31H2,(H,35,36,37)(H,38,39,40). The topological polar surface area (TPSA) is 179 Å². The lowest BCUT2D eigenvalue weighted by atomic mass is 10.0. The second-order valence-electron chi connectivity index (χ2n) is 9.68.